The summed E-state index contributed by atoms with van der Waals surface area (Å²) in [6, 6.07) is 13.7. The van der Waals surface area contributed by atoms with Crippen LogP contribution in [0.4, 0.5) is 4.79 Å². The molecule has 0 unspecified atom stereocenters. The highest BCUT2D eigenvalue weighted by atomic mass is 32.2. The third kappa shape index (κ3) is 5.18. The van der Waals surface area contributed by atoms with Crippen LogP contribution in [-0.2, 0) is 11.2 Å². The van der Waals surface area contributed by atoms with Gasteiger partial charge in [0.15, 0.2) is 0 Å². The van der Waals surface area contributed by atoms with Gasteiger partial charge in [-0.1, -0.05) is 43.3 Å². The minimum absolute atomic E-state index is 0.0465. The number of imide groups is 1. The van der Waals surface area contributed by atoms with E-state index < -0.39 is 13.0 Å². The second-order valence-electron chi connectivity index (χ2n) is 6.68. The van der Waals surface area contributed by atoms with Gasteiger partial charge in [-0.15, -0.1) is 0 Å². The molecule has 2 aromatic rings. The lowest BCUT2D eigenvalue weighted by Crippen LogP contribution is -2.37. The fourth-order valence-corrected chi connectivity index (χ4v) is 3.78. The monoisotopic (exact) mass is 424 g/mol. The van der Waals surface area contributed by atoms with Gasteiger partial charge >= 0.3 is 7.12 Å². The molecule has 1 fully saturated rings. The largest absolute Gasteiger partial charge is 0.488 e. The predicted octanol–water partition coefficient (Wildman–Crippen LogP) is 1.40. The molecule has 1 aliphatic rings. The van der Waals surface area contributed by atoms with Crippen molar-refractivity contribution in [1.82, 2.24) is 10.2 Å². The lowest BCUT2D eigenvalue weighted by Gasteiger charge is -2.13. The summed E-state index contributed by atoms with van der Waals surface area (Å²) in [4.78, 5) is 38.5. The summed E-state index contributed by atoms with van der Waals surface area (Å²) < 4.78 is 0. The van der Waals surface area contributed by atoms with Gasteiger partial charge in [0.05, 0.1) is 4.91 Å². The van der Waals surface area contributed by atoms with E-state index in [2.05, 4.69) is 12.2 Å². The number of nitrogens with one attached hydrogen (secondary N) is 1. The highest BCUT2D eigenvalue weighted by Crippen LogP contribution is 2.31. The average molecular weight is 424 g/mol. The molecule has 154 valence electrons. The highest BCUT2D eigenvalue weighted by Gasteiger charge is 2.34. The summed E-state index contributed by atoms with van der Waals surface area (Å²) >= 11 is 0.877. The molecule has 0 radical (unpaired) electrons. The molecule has 3 amide bonds. The van der Waals surface area contributed by atoms with Gasteiger partial charge in [-0.3, -0.25) is 19.3 Å². The standard InChI is InChI=1S/C21H21BN2O5S/c1-2-14-6-8-15(9-7-14)12-18-20(26)24(21(27)30-18)11-10-23-19(25)16-4-3-5-17(13-16)22(28)29/h3-9,12-13,28-29H,2,10-11H2,1H3,(H,23,25). The molecule has 0 spiro atoms. The number of rotatable bonds is 7. The van der Waals surface area contributed by atoms with E-state index in [0.29, 0.717) is 4.91 Å². The summed E-state index contributed by atoms with van der Waals surface area (Å²) in [6.07, 6.45) is 2.61. The zero-order valence-electron chi connectivity index (χ0n) is 16.4. The number of carbonyl (C=O) groups excluding carboxylic acids is 3. The summed E-state index contributed by atoms with van der Waals surface area (Å²) in [5, 5.41) is 20.7. The molecular formula is C21H21BN2O5S. The molecule has 0 aromatic heterocycles. The normalized spacial score (nSPS) is 15.0. The first-order valence-corrected chi connectivity index (χ1v) is 10.3. The Morgan fingerprint density at radius 3 is 2.57 bits per heavy atom. The van der Waals surface area contributed by atoms with Crippen LogP contribution in [0.1, 0.15) is 28.4 Å². The number of benzene rings is 2. The van der Waals surface area contributed by atoms with Gasteiger partial charge in [0.2, 0.25) is 0 Å². The maximum Gasteiger partial charge on any atom is 0.488 e. The Kier molecular flexibility index (Phi) is 7.09. The first-order chi connectivity index (χ1) is 14.4. The van der Waals surface area contributed by atoms with Crippen LogP contribution in [0.15, 0.2) is 53.4 Å². The Hall–Kier alpha value is -2.88. The molecule has 1 aliphatic heterocycles. The van der Waals surface area contributed by atoms with Crippen LogP contribution in [0, 0.1) is 0 Å². The summed E-state index contributed by atoms with van der Waals surface area (Å²) in [5.41, 5.74) is 2.49. The molecule has 9 heteroatoms. The Morgan fingerprint density at radius 2 is 1.90 bits per heavy atom. The van der Waals surface area contributed by atoms with Gasteiger partial charge in [0, 0.05) is 18.7 Å². The second kappa shape index (κ2) is 9.75. The van der Waals surface area contributed by atoms with Crippen molar-refractivity contribution in [3.8, 4) is 0 Å². The van der Waals surface area contributed by atoms with Gasteiger partial charge in [-0.25, -0.2) is 0 Å². The fraction of sp³-hybridized carbons (Fsp3) is 0.190. The van der Waals surface area contributed by atoms with E-state index in [0.717, 1.165) is 28.6 Å². The number of hydrogen-bond donors (Lipinski definition) is 3. The molecule has 0 atom stereocenters. The van der Waals surface area contributed by atoms with Crippen LogP contribution in [0.5, 0.6) is 0 Å². The van der Waals surface area contributed by atoms with Crippen molar-refractivity contribution >= 4 is 47.5 Å². The number of nitrogens with zero attached hydrogens (tertiary/aromatic N) is 1. The average Bonchev–Trinajstić information content (AvgIpc) is 3.01. The van der Waals surface area contributed by atoms with Crippen LogP contribution in [0.25, 0.3) is 6.08 Å². The first kappa shape index (κ1) is 21.8. The molecule has 0 aliphatic carbocycles. The number of aryl methyl sites for hydroxylation is 1. The molecule has 7 nitrogen and oxygen atoms in total. The van der Waals surface area contributed by atoms with E-state index in [1.54, 1.807) is 6.08 Å². The van der Waals surface area contributed by atoms with Gasteiger partial charge in [-0.05, 0) is 53.0 Å². The fourth-order valence-electron chi connectivity index (χ4n) is 2.92. The molecule has 30 heavy (non-hydrogen) atoms. The SMILES string of the molecule is CCc1ccc(C=C2SC(=O)N(CCNC(=O)c3cccc(B(O)O)c3)C2=O)cc1. The number of hydrogen-bond acceptors (Lipinski definition) is 6. The van der Waals surface area contributed by atoms with Gasteiger partial charge in [0.1, 0.15) is 0 Å². The predicted molar refractivity (Wildman–Crippen MR) is 117 cm³/mol. The lowest BCUT2D eigenvalue weighted by atomic mass is 9.79. The molecule has 2 aromatic carbocycles. The van der Waals surface area contributed by atoms with Crippen LogP contribution in [0.2, 0.25) is 0 Å². The molecule has 3 rings (SSSR count). The molecule has 1 heterocycles. The summed E-state index contributed by atoms with van der Waals surface area (Å²) in [7, 11) is -1.67. The molecule has 1 saturated heterocycles. The van der Waals surface area contributed by atoms with Crippen molar-refractivity contribution in [3.63, 3.8) is 0 Å². The zero-order valence-corrected chi connectivity index (χ0v) is 17.2. The van der Waals surface area contributed by atoms with Crippen molar-refractivity contribution in [2.45, 2.75) is 13.3 Å². The van der Waals surface area contributed by atoms with Crippen molar-refractivity contribution in [2.75, 3.05) is 13.1 Å². The van der Waals surface area contributed by atoms with Gasteiger partial charge < -0.3 is 15.4 Å². The molecule has 0 saturated carbocycles. The van der Waals surface area contributed by atoms with Crippen molar-refractivity contribution in [2.24, 2.45) is 0 Å². The molecule has 0 bridgehead atoms. The van der Waals surface area contributed by atoms with Crippen molar-refractivity contribution in [3.05, 3.63) is 70.1 Å². The van der Waals surface area contributed by atoms with E-state index in [1.165, 1.54) is 29.8 Å². The van der Waals surface area contributed by atoms with Crippen LogP contribution in [-0.4, -0.2) is 52.2 Å². The third-order valence-corrected chi connectivity index (χ3v) is 5.53. The topological polar surface area (TPSA) is 107 Å². The van der Waals surface area contributed by atoms with Crippen LogP contribution >= 0.6 is 11.8 Å². The van der Waals surface area contributed by atoms with E-state index >= 15 is 0 Å². The zero-order chi connectivity index (χ0) is 21.7. The summed E-state index contributed by atoms with van der Waals surface area (Å²) in [5.74, 6) is -0.819. The van der Waals surface area contributed by atoms with E-state index in [1.807, 2.05) is 24.3 Å². The van der Waals surface area contributed by atoms with E-state index in [-0.39, 0.29) is 35.3 Å². The smallest absolute Gasteiger partial charge is 0.423 e. The molecular weight excluding hydrogens is 403 g/mol. The quantitative estimate of drug-likeness (QED) is 0.458. The van der Waals surface area contributed by atoms with E-state index in [9.17, 15) is 24.4 Å². The lowest BCUT2D eigenvalue weighted by molar-refractivity contribution is -0.122. The Labute approximate surface area is 178 Å². The number of thioether (sulfide) groups is 1. The summed E-state index contributed by atoms with van der Waals surface area (Å²) in [6.45, 7) is 2.19. The van der Waals surface area contributed by atoms with Crippen molar-refractivity contribution < 1.29 is 24.4 Å². The Bertz CT molecular complexity index is 991. The minimum atomic E-state index is -1.67. The second-order valence-corrected chi connectivity index (χ2v) is 7.68. The van der Waals surface area contributed by atoms with Crippen LogP contribution < -0.4 is 10.8 Å². The van der Waals surface area contributed by atoms with Gasteiger partial charge in [-0.2, -0.15) is 0 Å². The highest BCUT2D eigenvalue weighted by molar-refractivity contribution is 8.18. The maximum absolute atomic E-state index is 12.6. The number of carbonyl (C=O) groups is 3. The maximum atomic E-state index is 12.6. The van der Waals surface area contributed by atoms with Crippen LogP contribution in [0.3, 0.4) is 0 Å². The first-order valence-electron chi connectivity index (χ1n) is 9.47. The Morgan fingerprint density at radius 1 is 1.17 bits per heavy atom. The minimum Gasteiger partial charge on any atom is -0.423 e. The molecule has 3 N–H and O–H groups in total. The van der Waals surface area contributed by atoms with E-state index in [4.69, 9.17) is 0 Å². The van der Waals surface area contributed by atoms with Crippen molar-refractivity contribution in [1.29, 1.82) is 0 Å². The number of amides is 3. The van der Waals surface area contributed by atoms with Gasteiger partial charge in [0.25, 0.3) is 17.1 Å². The third-order valence-electron chi connectivity index (χ3n) is 4.63. The Balaban J connectivity index is 1.58.